The molecular weight excluding hydrogens is 473 g/mol. The molecule has 2 aromatic heterocycles. The first kappa shape index (κ1) is 26.4. The van der Waals surface area contributed by atoms with Crippen LogP contribution in [0.1, 0.15) is 19.7 Å². The summed E-state index contributed by atoms with van der Waals surface area (Å²) in [5.41, 5.74) is -0.409. The fourth-order valence-electron chi connectivity index (χ4n) is 3.48. The Morgan fingerprint density at radius 1 is 1.14 bits per heavy atom. The zero-order valence-corrected chi connectivity index (χ0v) is 19.7. The lowest BCUT2D eigenvalue weighted by molar-refractivity contribution is -0.189. The van der Waals surface area contributed by atoms with Crippen LogP contribution in [0.3, 0.4) is 0 Å². The number of aliphatic hydroxyl groups excluding tert-OH is 1. The zero-order valence-electron chi connectivity index (χ0n) is 19.7. The van der Waals surface area contributed by atoms with Crippen LogP contribution in [-0.4, -0.2) is 70.3 Å². The van der Waals surface area contributed by atoms with Crippen molar-refractivity contribution in [3.63, 3.8) is 0 Å². The average molecular weight is 500 g/mol. The highest BCUT2D eigenvalue weighted by Crippen LogP contribution is 2.37. The molecule has 0 aliphatic heterocycles. The van der Waals surface area contributed by atoms with Gasteiger partial charge < -0.3 is 24.1 Å². The molecule has 0 amide bonds. The van der Waals surface area contributed by atoms with Crippen LogP contribution >= 0.6 is 0 Å². The summed E-state index contributed by atoms with van der Waals surface area (Å²) in [7, 11) is 2.95. The summed E-state index contributed by atoms with van der Waals surface area (Å²) in [6.07, 6.45) is -5.99. The molecule has 2 heterocycles. The van der Waals surface area contributed by atoms with Crippen molar-refractivity contribution in [3.05, 3.63) is 40.7 Å². The highest BCUT2D eigenvalue weighted by molar-refractivity contribution is 5.94. The van der Waals surface area contributed by atoms with E-state index < -0.39 is 30.7 Å². The fraction of sp³-hybridized carbons (Fsp3) is 0.500. The van der Waals surface area contributed by atoms with Gasteiger partial charge in [-0.25, -0.2) is 9.78 Å². The second kappa shape index (κ2) is 11.1. The third kappa shape index (κ3) is 5.74. The van der Waals surface area contributed by atoms with Gasteiger partial charge in [-0.15, -0.1) is 5.10 Å². The van der Waals surface area contributed by atoms with Crippen LogP contribution in [0.15, 0.2) is 29.2 Å². The minimum Gasteiger partial charge on any atom is -0.480 e. The highest BCUT2D eigenvalue weighted by atomic mass is 19.4. The molecule has 0 bridgehead atoms. The lowest BCUT2D eigenvalue weighted by Crippen LogP contribution is -2.31. The molecule has 3 rings (SSSR count). The van der Waals surface area contributed by atoms with Gasteiger partial charge in [-0.1, -0.05) is 0 Å². The van der Waals surface area contributed by atoms with Crippen molar-refractivity contribution in [3.8, 4) is 17.3 Å². The second-order valence-electron chi connectivity index (χ2n) is 7.62. The summed E-state index contributed by atoms with van der Waals surface area (Å²) in [6.45, 7) is 2.63. The molecule has 1 N–H and O–H groups in total. The van der Waals surface area contributed by atoms with Crippen molar-refractivity contribution in [2.75, 3.05) is 27.4 Å². The number of rotatable bonds is 11. The maximum Gasteiger partial charge on any atom is 0.425 e. The third-order valence-electron chi connectivity index (χ3n) is 5.17. The Labute approximate surface area is 198 Å². The van der Waals surface area contributed by atoms with E-state index in [1.165, 1.54) is 31.0 Å². The van der Waals surface area contributed by atoms with Crippen molar-refractivity contribution < 1.29 is 37.2 Å². The van der Waals surface area contributed by atoms with E-state index in [-0.39, 0.29) is 48.3 Å². The summed E-state index contributed by atoms with van der Waals surface area (Å²) >= 11 is 0. The number of pyridine rings is 1. The molecule has 0 aliphatic carbocycles. The van der Waals surface area contributed by atoms with Gasteiger partial charge in [0, 0.05) is 33.0 Å². The number of fused-ring (bicyclic) bond motifs is 1. The van der Waals surface area contributed by atoms with E-state index in [0.717, 1.165) is 11.6 Å². The Hall–Kier alpha value is -3.16. The van der Waals surface area contributed by atoms with E-state index in [0.29, 0.717) is 5.39 Å². The molecule has 0 radical (unpaired) electrons. The molecule has 1 unspecified atom stereocenters. The predicted octanol–water partition coefficient (Wildman–Crippen LogP) is 2.46. The van der Waals surface area contributed by atoms with Crippen molar-refractivity contribution in [2.45, 2.75) is 45.4 Å². The normalized spacial score (nSPS) is 12.9. The van der Waals surface area contributed by atoms with Gasteiger partial charge in [0.2, 0.25) is 5.88 Å². The Morgan fingerprint density at radius 3 is 2.37 bits per heavy atom. The van der Waals surface area contributed by atoms with Crippen molar-refractivity contribution in [2.24, 2.45) is 0 Å². The van der Waals surface area contributed by atoms with Gasteiger partial charge in [-0.3, -0.25) is 4.57 Å². The third-order valence-corrected chi connectivity index (χ3v) is 5.17. The molecule has 0 fully saturated rings. The number of methoxy groups -OCH3 is 2. The SMILES string of the molecule is CCn1c(CO)nn(-c2cc(OC(C)C(F)(F)F)c3c(OC(COC)COC)nccc3c2)c1=O. The molecule has 13 heteroatoms. The van der Waals surface area contributed by atoms with Crippen molar-refractivity contribution in [1.82, 2.24) is 19.3 Å². The van der Waals surface area contributed by atoms with E-state index in [2.05, 4.69) is 10.1 Å². The maximum absolute atomic E-state index is 13.4. The van der Waals surface area contributed by atoms with E-state index in [4.69, 9.17) is 18.9 Å². The molecule has 3 aromatic rings. The van der Waals surface area contributed by atoms with Gasteiger partial charge in [0.05, 0.1) is 24.3 Å². The fourth-order valence-corrected chi connectivity index (χ4v) is 3.48. The van der Waals surface area contributed by atoms with Gasteiger partial charge >= 0.3 is 11.9 Å². The first-order chi connectivity index (χ1) is 16.6. The standard InChI is InChI=1S/C22H27F3N4O6/c1-5-28-18(10-30)27-29(21(28)31)15-8-14-6-7-26-20(35-16(11-32-3)12-33-4)19(14)17(9-15)34-13(2)22(23,24)25/h6-9,13,16,30H,5,10-12H2,1-4H3. The topological polar surface area (TPSA) is 110 Å². The molecule has 10 nitrogen and oxygen atoms in total. The minimum absolute atomic E-state index is 0.0139. The van der Waals surface area contributed by atoms with Crippen LogP contribution in [0, 0.1) is 0 Å². The summed E-state index contributed by atoms with van der Waals surface area (Å²) in [4.78, 5) is 17.0. The van der Waals surface area contributed by atoms with E-state index in [1.807, 2.05) is 0 Å². The van der Waals surface area contributed by atoms with Gasteiger partial charge in [-0.2, -0.15) is 17.9 Å². The Morgan fingerprint density at radius 2 is 1.83 bits per heavy atom. The Balaban J connectivity index is 2.22. The summed E-state index contributed by atoms with van der Waals surface area (Å²) < 4.78 is 63.9. The van der Waals surface area contributed by atoms with Crippen LogP contribution < -0.4 is 15.2 Å². The molecule has 0 saturated carbocycles. The lowest BCUT2D eigenvalue weighted by Gasteiger charge is -2.22. The van der Waals surface area contributed by atoms with Crippen molar-refractivity contribution in [1.29, 1.82) is 0 Å². The number of halogens is 3. The molecular formula is C22H27F3N4O6. The van der Waals surface area contributed by atoms with Crippen molar-refractivity contribution >= 4 is 10.8 Å². The van der Waals surface area contributed by atoms with Crippen LogP contribution in [-0.2, 0) is 22.6 Å². The van der Waals surface area contributed by atoms with Gasteiger partial charge in [-0.05, 0) is 31.4 Å². The van der Waals surface area contributed by atoms with E-state index in [1.54, 1.807) is 19.1 Å². The number of hydrogen-bond acceptors (Lipinski definition) is 8. The maximum atomic E-state index is 13.4. The van der Waals surface area contributed by atoms with E-state index in [9.17, 15) is 23.1 Å². The number of hydrogen-bond donors (Lipinski definition) is 1. The smallest absolute Gasteiger partial charge is 0.425 e. The van der Waals surface area contributed by atoms with Crippen LogP contribution in [0.2, 0.25) is 0 Å². The second-order valence-corrected chi connectivity index (χ2v) is 7.62. The molecule has 0 aliphatic rings. The molecule has 35 heavy (non-hydrogen) atoms. The first-order valence-corrected chi connectivity index (χ1v) is 10.7. The Kier molecular flexibility index (Phi) is 8.35. The largest absolute Gasteiger partial charge is 0.480 e. The van der Waals surface area contributed by atoms with Crippen LogP contribution in [0.5, 0.6) is 11.6 Å². The number of aliphatic hydroxyl groups is 1. The number of aromatic nitrogens is 4. The molecule has 1 atom stereocenters. The number of alkyl halides is 3. The highest BCUT2D eigenvalue weighted by Gasteiger charge is 2.38. The average Bonchev–Trinajstić information content (AvgIpc) is 3.14. The Bertz CT molecular complexity index is 1200. The molecule has 1 aromatic carbocycles. The molecule has 0 spiro atoms. The monoisotopic (exact) mass is 500 g/mol. The van der Waals surface area contributed by atoms with Crippen LogP contribution in [0.25, 0.3) is 16.5 Å². The quantitative estimate of drug-likeness (QED) is 0.428. The number of ether oxygens (including phenoxy) is 4. The predicted molar refractivity (Wildman–Crippen MR) is 119 cm³/mol. The van der Waals surface area contributed by atoms with Crippen LogP contribution in [0.4, 0.5) is 13.2 Å². The summed E-state index contributed by atoms with van der Waals surface area (Å²) in [5.74, 6) is -0.0769. The van der Waals surface area contributed by atoms with Gasteiger partial charge in [0.25, 0.3) is 0 Å². The minimum atomic E-state index is -4.65. The van der Waals surface area contributed by atoms with Gasteiger partial charge in [0.1, 0.15) is 18.5 Å². The number of benzene rings is 1. The summed E-state index contributed by atoms with van der Waals surface area (Å²) in [5, 5.41) is 14.2. The molecule has 0 saturated heterocycles. The van der Waals surface area contributed by atoms with E-state index >= 15 is 0 Å². The van der Waals surface area contributed by atoms with Gasteiger partial charge in [0.15, 0.2) is 11.9 Å². The lowest BCUT2D eigenvalue weighted by atomic mass is 10.1. The summed E-state index contributed by atoms with van der Waals surface area (Å²) in [6, 6.07) is 4.36. The zero-order chi connectivity index (χ0) is 25.8. The first-order valence-electron chi connectivity index (χ1n) is 10.7. The molecule has 192 valence electrons. The number of nitrogens with zero attached hydrogens (tertiary/aromatic N) is 4.